The Hall–Kier alpha value is -2.76. The molecule has 0 aromatic heterocycles. The monoisotopic (exact) mass is 341 g/mol. The van der Waals surface area contributed by atoms with Gasteiger partial charge in [-0.25, -0.2) is 4.39 Å². The quantitative estimate of drug-likeness (QED) is 0.468. The summed E-state index contributed by atoms with van der Waals surface area (Å²) in [6, 6.07) is 13.8. The van der Waals surface area contributed by atoms with Gasteiger partial charge in [0.2, 0.25) is 0 Å². The molecule has 2 aromatic carbocycles. The SMILES string of the molecule is O=[N+]([O-])c1ccc(N2CCC(CN=Cc3ccccc3)CC2)c(F)c1. The third-order valence-electron chi connectivity index (χ3n) is 4.50. The molecule has 0 amide bonds. The Morgan fingerprint density at radius 1 is 1.20 bits per heavy atom. The molecule has 1 aliphatic heterocycles. The molecule has 0 bridgehead atoms. The van der Waals surface area contributed by atoms with Gasteiger partial charge in [0.05, 0.1) is 16.7 Å². The molecule has 3 rings (SSSR count). The number of anilines is 1. The predicted octanol–water partition coefficient (Wildman–Crippen LogP) is 4.07. The number of rotatable bonds is 5. The molecule has 25 heavy (non-hydrogen) atoms. The van der Waals surface area contributed by atoms with Crippen LogP contribution >= 0.6 is 0 Å². The van der Waals surface area contributed by atoms with Gasteiger partial charge in [0.25, 0.3) is 5.69 Å². The van der Waals surface area contributed by atoms with Gasteiger partial charge in [-0.3, -0.25) is 15.1 Å². The third kappa shape index (κ3) is 4.41. The van der Waals surface area contributed by atoms with Crippen LogP contribution in [0.1, 0.15) is 18.4 Å². The zero-order chi connectivity index (χ0) is 17.6. The summed E-state index contributed by atoms with van der Waals surface area (Å²) in [5, 5.41) is 10.7. The summed E-state index contributed by atoms with van der Waals surface area (Å²) in [6.07, 6.45) is 3.76. The topological polar surface area (TPSA) is 58.7 Å². The number of nitro benzene ring substituents is 1. The molecule has 0 atom stereocenters. The van der Waals surface area contributed by atoms with E-state index in [1.807, 2.05) is 41.4 Å². The first kappa shape index (κ1) is 17.1. The smallest absolute Gasteiger partial charge is 0.272 e. The molecule has 0 aliphatic carbocycles. The molecule has 0 unspecified atom stereocenters. The Balaban J connectivity index is 1.53. The van der Waals surface area contributed by atoms with Crippen LogP contribution in [0.3, 0.4) is 0 Å². The minimum absolute atomic E-state index is 0.216. The highest BCUT2D eigenvalue weighted by Gasteiger charge is 2.22. The number of hydrogen-bond acceptors (Lipinski definition) is 4. The van der Waals surface area contributed by atoms with Gasteiger partial charge in [-0.05, 0) is 30.4 Å². The van der Waals surface area contributed by atoms with Crippen molar-refractivity contribution in [1.29, 1.82) is 0 Å². The number of hydrogen-bond donors (Lipinski definition) is 0. The van der Waals surface area contributed by atoms with E-state index < -0.39 is 10.7 Å². The molecule has 1 saturated heterocycles. The Morgan fingerprint density at radius 3 is 2.56 bits per heavy atom. The molecular formula is C19H20FN3O2. The summed E-state index contributed by atoms with van der Waals surface area (Å²) < 4.78 is 14.1. The standard InChI is InChI=1S/C19H20FN3O2/c20-18-12-17(23(24)25)6-7-19(18)22-10-8-16(9-11-22)14-21-13-15-4-2-1-3-5-15/h1-7,12-13,16H,8-11,14H2. The number of halogens is 1. The van der Waals surface area contributed by atoms with E-state index in [0.717, 1.165) is 44.1 Å². The van der Waals surface area contributed by atoms with E-state index in [-0.39, 0.29) is 5.69 Å². The van der Waals surface area contributed by atoms with Crippen molar-refractivity contribution in [3.63, 3.8) is 0 Å². The number of aliphatic imine (C=N–C) groups is 1. The fourth-order valence-corrected chi connectivity index (χ4v) is 3.07. The van der Waals surface area contributed by atoms with Crippen LogP contribution in [-0.2, 0) is 0 Å². The van der Waals surface area contributed by atoms with Crippen LogP contribution in [0, 0.1) is 21.8 Å². The minimum Gasteiger partial charge on any atom is -0.369 e. The zero-order valence-corrected chi connectivity index (χ0v) is 13.8. The predicted molar refractivity (Wildman–Crippen MR) is 96.9 cm³/mol. The van der Waals surface area contributed by atoms with Crippen LogP contribution in [0.25, 0.3) is 0 Å². The summed E-state index contributed by atoms with van der Waals surface area (Å²) in [4.78, 5) is 16.6. The summed E-state index contributed by atoms with van der Waals surface area (Å²) >= 11 is 0. The maximum atomic E-state index is 14.1. The number of benzene rings is 2. The summed E-state index contributed by atoms with van der Waals surface area (Å²) in [7, 11) is 0. The molecule has 1 heterocycles. The van der Waals surface area contributed by atoms with Crippen molar-refractivity contribution in [3.05, 3.63) is 70.0 Å². The minimum atomic E-state index is -0.580. The van der Waals surface area contributed by atoms with Crippen molar-refractivity contribution in [3.8, 4) is 0 Å². The van der Waals surface area contributed by atoms with Crippen molar-refractivity contribution in [2.45, 2.75) is 12.8 Å². The molecule has 0 N–H and O–H groups in total. The Bertz CT molecular complexity index is 757. The van der Waals surface area contributed by atoms with E-state index >= 15 is 0 Å². The van der Waals surface area contributed by atoms with Crippen molar-refractivity contribution < 1.29 is 9.31 Å². The summed E-state index contributed by atoms with van der Waals surface area (Å²) in [5.41, 5.74) is 1.32. The maximum absolute atomic E-state index is 14.1. The van der Waals surface area contributed by atoms with Crippen LogP contribution in [-0.4, -0.2) is 30.8 Å². The molecule has 0 spiro atoms. The lowest BCUT2D eigenvalue weighted by molar-refractivity contribution is -0.385. The molecule has 6 heteroatoms. The van der Waals surface area contributed by atoms with Crippen LogP contribution in [0.15, 0.2) is 53.5 Å². The highest BCUT2D eigenvalue weighted by atomic mass is 19.1. The van der Waals surface area contributed by atoms with Gasteiger partial charge in [0, 0.05) is 31.9 Å². The molecule has 5 nitrogen and oxygen atoms in total. The lowest BCUT2D eigenvalue weighted by atomic mass is 9.96. The summed E-state index contributed by atoms with van der Waals surface area (Å²) in [5.74, 6) is -0.0490. The van der Waals surface area contributed by atoms with Gasteiger partial charge in [0.1, 0.15) is 0 Å². The first-order chi connectivity index (χ1) is 12.1. The van der Waals surface area contributed by atoms with Crippen LogP contribution in [0.4, 0.5) is 15.8 Å². The van der Waals surface area contributed by atoms with E-state index in [9.17, 15) is 14.5 Å². The van der Waals surface area contributed by atoms with Crippen LogP contribution in [0.5, 0.6) is 0 Å². The van der Waals surface area contributed by atoms with Crippen LogP contribution in [0.2, 0.25) is 0 Å². The fraction of sp³-hybridized carbons (Fsp3) is 0.316. The number of piperidine rings is 1. The van der Waals surface area contributed by atoms with Gasteiger partial charge in [-0.15, -0.1) is 0 Å². The molecule has 130 valence electrons. The number of nitrogens with zero attached hydrogens (tertiary/aromatic N) is 3. The Labute approximate surface area is 146 Å². The molecule has 0 radical (unpaired) electrons. The van der Waals surface area contributed by atoms with Gasteiger partial charge < -0.3 is 4.90 Å². The zero-order valence-electron chi connectivity index (χ0n) is 13.8. The first-order valence-electron chi connectivity index (χ1n) is 8.37. The second kappa shape index (κ2) is 7.88. The lowest BCUT2D eigenvalue weighted by Crippen LogP contribution is -2.35. The molecule has 2 aromatic rings. The van der Waals surface area contributed by atoms with E-state index in [1.165, 1.54) is 12.1 Å². The fourth-order valence-electron chi connectivity index (χ4n) is 3.07. The largest absolute Gasteiger partial charge is 0.369 e. The van der Waals surface area contributed by atoms with E-state index in [4.69, 9.17) is 0 Å². The number of nitro groups is 1. The van der Waals surface area contributed by atoms with Gasteiger partial charge in [-0.1, -0.05) is 30.3 Å². The van der Waals surface area contributed by atoms with E-state index in [1.54, 1.807) is 0 Å². The molecule has 0 saturated carbocycles. The summed E-state index contributed by atoms with van der Waals surface area (Å²) in [6.45, 7) is 2.24. The third-order valence-corrected chi connectivity index (χ3v) is 4.50. The molecular weight excluding hydrogens is 321 g/mol. The maximum Gasteiger partial charge on any atom is 0.272 e. The molecule has 1 fully saturated rings. The highest BCUT2D eigenvalue weighted by molar-refractivity contribution is 5.79. The Morgan fingerprint density at radius 2 is 1.92 bits per heavy atom. The van der Waals surface area contributed by atoms with Crippen molar-refractivity contribution in [2.24, 2.45) is 10.9 Å². The average molecular weight is 341 g/mol. The second-order valence-corrected chi connectivity index (χ2v) is 6.23. The van der Waals surface area contributed by atoms with Gasteiger partial charge in [-0.2, -0.15) is 0 Å². The van der Waals surface area contributed by atoms with Crippen molar-refractivity contribution >= 4 is 17.6 Å². The normalized spacial score (nSPS) is 15.6. The number of non-ortho nitro benzene ring substituents is 1. The van der Waals surface area contributed by atoms with E-state index in [2.05, 4.69) is 4.99 Å². The second-order valence-electron chi connectivity index (χ2n) is 6.23. The highest BCUT2D eigenvalue weighted by Crippen LogP contribution is 2.28. The van der Waals surface area contributed by atoms with Gasteiger partial charge in [0.15, 0.2) is 5.82 Å². The van der Waals surface area contributed by atoms with Crippen LogP contribution < -0.4 is 4.90 Å². The van der Waals surface area contributed by atoms with Gasteiger partial charge >= 0.3 is 0 Å². The van der Waals surface area contributed by atoms with Crippen molar-refractivity contribution in [2.75, 3.05) is 24.5 Å². The first-order valence-corrected chi connectivity index (χ1v) is 8.37. The van der Waals surface area contributed by atoms with Crippen molar-refractivity contribution in [1.82, 2.24) is 0 Å². The molecule has 1 aliphatic rings. The lowest BCUT2D eigenvalue weighted by Gasteiger charge is -2.33. The Kier molecular flexibility index (Phi) is 5.38. The average Bonchev–Trinajstić information content (AvgIpc) is 2.63. The van der Waals surface area contributed by atoms with E-state index in [0.29, 0.717) is 11.6 Å².